The zero-order valence-electron chi connectivity index (χ0n) is 11.1. The summed E-state index contributed by atoms with van der Waals surface area (Å²) < 4.78 is 2.20. The second kappa shape index (κ2) is 6.20. The van der Waals surface area contributed by atoms with E-state index in [4.69, 9.17) is 0 Å². The third-order valence-electron chi connectivity index (χ3n) is 3.65. The molecule has 0 amide bonds. The molecular formula is C15H13Br2NO2S. The van der Waals surface area contributed by atoms with Crippen molar-refractivity contribution in [3.63, 3.8) is 0 Å². The first kappa shape index (κ1) is 15.2. The molecule has 0 saturated carbocycles. The molecule has 21 heavy (non-hydrogen) atoms. The number of aromatic carboxylic acids is 1. The molecule has 1 aliphatic heterocycles. The summed E-state index contributed by atoms with van der Waals surface area (Å²) in [7, 11) is 0. The van der Waals surface area contributed by atoms with Crippen molar-refractivity contribution in [1.29, 1.82) is 0 Å². The fourth-order valence-corrected chi connectivity index (χ4v) is 4.91. The Bertz CT molecular complexity index is 679. The van der Waals surface area contributed by atoms with Crippen molar-refractivity contribution in [3.8, 4) is 0 Å². The lowest BCUT2D eigenvalue weighted by atomic mass is 9.94. The Labute approximate surface area is 143 Å². The number of fused-ring (bicyclic) bond motifs is 1. The highest BCUT2D eigenvalue weighted by atomic mass is 79.9. The standard InChI is InChI=1S/C15H13Br2NO2S/c16-13-6-10(21-14(13)17)8-18-5-4-11-9(7-18)2-1-3-12(11)15(19)20/h1-3,6H,4-5,7-8H2,(H,19,20). The fourth-order valence-electron chi connectivity index (χ4n) is 2.69. The summed E-state index contributed by atoms with van der Waals surface area (Å²) in [6.07, 6.45) is 0.797. The van der Waals surface area contributed by atoms with Crippen molar-refractivity contribution in [2.24, 2.45) is 0 Å². The largest absolute Gasteiger partial charge is 0.478 e. The van der Waals surface area contributed by atoms with Gasteiger partial charge in [-0.2, -0.15) is 0 Å². The van der Waals surface area contributed by atoms with Gasteiger partial charge < -0.3 is 5.11 Å². The van der Waals surface area contributed by atoms with E-state index in [0.717, 1.165) is 45.4 Å². The van der Waals surface area contributed by atoms with Gasteiger partial charge >= 0.3 is 5.97 Å². The van der Waals surface area contributed by atoms with Crippen LogP contribution in [-0.4, -0.2) is 22.5 Å². The molecular weight excluding hydrogens is 418 g/mol. The van der Waals surface area contributed by atoms with Gasteiger partial charge in [-0.25, -0.2) is 4.79 Å². The summed E-state index contributed by atoms with van der Waals surface area (Å²) in [5.41, 5.74) is 2.58. The lowest BCUT2D eigenvalue weighted by Crippen LogP contribution is -2.30. The molecule has 1 aromatic heterocycles. The minimum absolute atomic E-state index is 0.453. The maximum absolute atomic E-state index is 11.3. The van der Waals surface area contributed by atoms with Crippen molar-refractivity contribution >= 4 is 49.2 Å². The van der Waals surface area contributed by atoms with E-state index in [1.807, 2.05) is 12.1 Å². The maximum Gasteiger partial charge on any atom is 0.335 e. The molecule has 0 aliphatic carbocycles. The predicted molar refractivity (Wildman–Crippen MR) is 90.9 cm³/mol. The van der Waals surface area contributed by atoms with E-state index in [1.54, 1.807) is 17.4 Å². The van der Waals surface area contributed by atoms with Gasteiger partial charge in [0.2, 0.25) is 0 Å². The van der Waals surface area contributed by atoms with Crippen LogP contribution in [0.25, 0.3) is 0 Å². The molecule has 3 nitrogen and oxygen atoms in total. The lowest BCUT2D eigenvalue weighted by molar-refractivity contribution is 0.0694. The molecule has 2 heterocycles. The number of nitrogens with zero attached hydrogens (tertiary/aromatic N) is 1. The number of carbonyl (C=O) groups is 1. The molecule has 110 valence electrons. The Morgan fingerprint density at radius 2 is 2.19 bits per heavy atom. The van der Waals surface area contributed by atoms with Crippen molar-refractivity contribution < 1.29 is 9.90 Å². The number of rotatable bonds is 3. The van der Waals surface area contributed by atoms with Crippen LogP contribution in [-0.2, 0) is 19.5 Å². The molecule has 0 bridgehead atoms. The second-order valence-corrected chi connectivity index (χ2v) is 8.35. The number of hydrogen-bond acceptors (Lipinski definition) is 3. The van der Waals surface area contributed by atoms with Crippen molar-refractivity contribution in [3.05, 3.63) is 54.1 Å². The first-order valence-electron chi connectivity index (χ1n) is 6.54. The molecule has 1 aliphatic rings. The minimum atomic E-state index is -0.827. The first-order chi connectivity index (χ1) is 10.0. The molecule has 2 aromatic rings. The Kier molecular flexibility index (Phi) is 4.49. The van der Waals surface area contributed by atoms with E-state index < -0.39 is 5.97 Å². The fraction of sp³-hybridized carbons (Fsp3) is 0.267. The van der Waals surface area contributed by atoms with Crippen LogP contribution < -0.4 is 0 Å². The smallest absolute Gasteiger partial charge is 0.335 e. The van der Waals surface area contributed by atoms with Gasteiger partial charge in [-0.05, 0) is 61.5 Å². The highest BCUT2D eigenvalue weighted by molar-refractivity contribution is 9.13. The quantitative estimate of drug-likeness (QED) is 0.777. The van der Waals surface area contributed by atoms with Crippen LogP contribution in [0.4, 0.5) is 0 Å². The van der Waals surface area contributed by atoms with Crippen LogP contribution in [0.3, 0.4) is 0 Å². The van der Waals surface area contributed by atoms with Gasteiger partial charge in [-0.3, -0.25) is 4.90 Å². The molecule has 0 radical (unpaired) electrons. The molecule has 0 atom stereocenters. The van der Waals surface area contributed by atoms with Crippen LogP contribution in [0.2, 0.25) is 0 Å². The molecule has 3 rings (SSSR count). The number of halogens is 2. The average Bonchev–Trinajstić information content (AvgIpc) is 2.76. The van der Waals surface area contributed by atoms with Crippen molar-refractivity contribution in [2.45, 2.75) is 19.5 Å². The van der Waals surface area contributed by atoms with Crippen LogP contribution in [0.15, 0.2) is 32.5 Å². The Morgan fingerprint density at radius 3 is 2.86 bits per heavy atom. The average molecular weight is 431 g/mol. The normalized spacial score (nSPS) is 15.0. The second-order valence-electron chi connectivity index (χ2n) is 5.04. The number of thiophene rings is 1. The third-order valence-corrected chi connectivity index (χ3v) is 6.89. The van der Waals surface area contributed by atoms with E-state index in [-0.39, 0.29) is 0 Å². The van der Waals surface area contributed by atoms with E-state index >= 15 is 0 Å². The predicted octanol–water partition coefficient (Wildman–Crippen LogP) is 4.53. The summed E-state index contributed by atoms with van der Waals surface area (Å²) in [5, 5.41) is 9.25. The molecule has 0 spiro atoms. The van der Waals surface area contributed by atoms with Crippen LogP contribution in [0.5, 0.6) is 0 Å². The van der Waals surface area contributed by atoms with Gasteiger partial charge in [-0.1, -0.05) is 12.1 Å². The highest BCUT2D eigenvalue weighted by Crippen LogP contribution is 2.34. The summed E-state index contributed by atoms with van der Waals surface area (Å²) in [4.78, 5) is 14.9. The van der Waals surface area contributed by atoms with E-state index in [2.05, 4.69) is 42.8 Å². The summed E-state index contributed by atoms with van der Waals surface area (Å²) in [6.45, 7) is 2.60. The van der Waals surface area contributed by atoms with Gasteiger partial charge in [0.1, 0.15) is 0 Å². The number of benzene rings is 1. The molecule has 1 N–H and O–H groups in total. The van der Waals surface area contributed by atoms with Gasteiger partial charge in [-0.15, -0.1) is 11.3 Å². The van der Waals surface area contributed by atoms with Crippen molar-refractivity contribution in [1.82, 2.24) is 4.90 Å². The number of carboxylic acids is 1. The summed E-state index contributed by atoms with van der Waals surface area (Å²) in [5.74, 6) is -0.827. The van der Waals surface area contributed by atoms with Gasteiger partial charge in [0.15, 0.2) is 0 Å². The number of hydrogen-bond donors (Lipinski definition) is 1. The van der Waals surface area contributed by atoms with Gasteiger partial charge in [0.25, 0.3) is 0 Å². The highest BCUT2D eigenvalue weighted by Gasteiger charge is 2.21. The Balaban J connectivity index is 1.78. The number of carboxylic acid groups (broad SMARTS) is 1. The molecule has 0 fully saturated rings. The van der Waals surface area contributed by atoms with Gasteiger partial charge in [0.05, 0.1) is 9.35 Å². The van der Waals surface area contributed by atoms with Gasteiger partial charge in [0, 0.05) is 29.0 Å². The summed E-state index contributed by atoms with van der Waals surface area (Å²) in [6, 6.07) is 7.71. The topological polar surface area (TPSA) is 40.5 Å². The maximum atomic E-state index is 11.3. The molecule has 0 unspecified atom stereocenters. The molecule has 0 saturated heterocycles. The molecule has 6 heteroatoms. The Morgan fingerprint density at radius 1 is 1.38 bits per heavy atom. The van der Waals surface area contributed by atoms with E-state index in [9.17, 15) is 9.90 Å². The minimum Gasteiger partial charge on any atom is -0.478 e. The van der Waals surface area contributed by atoms with Crippen molar-refractivity contribution in [2.75, 3.05) is 6.54 Å². The zero-order chi connectivity index (χ0) is 15.0. The van der Waals surface area contributed by atoms with Crippen LogP contribution in [0.1, 0.15) is 26.4 Å². The Hall–Kier alpha value is -0.690. The molecule has 1 aromatic carbocycles. The third kappa shape index (κ3) is 3.23. The lowest BCUT2D eigenvalue weighted by Gasteiger charge is -2.29. The van der Waals surface area contributed by atoms with Crippen LogP contribution in [0, 0.1) is 0 Å². The first-order valence-corrected chi connectivity index (χ1v) is 8.95. The monoisotopic (exact) mass is 429 g/mol. The van der Waals surface area contributed by atoms with Crippen LogP contribution >= 0.6 is 43.2 Å². The SMILES string of the molecule is O=C(O)c1cccc2c1CCN(Cc1cc(Br)c(Br)s1)C2. The van der Waals surface area contributed by atoms with E-state index in [1.165, 1.54) is 4.88 Å². The summed E-state index contributed by atoms with van der Waals surface area (Å²) >= 11 is 8.76. The van der Waals surface area contributed by atoms with E-state index in [0.29, 0.717) is 5.56 Å². The zero-order valence-corrected chi connectivity index (χ0v) is 15.1.